The van der Waals surface area contributed by atoms with Gasteiger partial charge in [0.2, 0.25) is 0 Å². The highest BCUT2D eigenvalue weighted by atomic mass is 35.5. The van der Waals surface area contributed by atoms with Gasteiger partial charge in [-0.2, -0.15) is 0 Å². The fourth-order valence-electron chi connectivity index (χ4n) is 3.52. The van der Waals surface area contributed by atoms with E-state index in [1.165, 1.54) is 31.4 Å². The number of hydrogen-bond donors (Lipinski definition) is 1. The summed E-state index contributed by atoms with van der Waals surface area (Å²) in [7, 11) is 2.07. The molecule has 1 aromatic rings. The minimum absolute atomic E-state index is 0.635. The topological polar surface area (TPSA) is 15.3 Å². The minimum Gasteiger partial charge on any atom is -0.365 e. The molecule has 3 rings (SSSR count). The van der Waals surface area contributed by atoms with Gasteiger partial charge in [0.15, 0.2) is 0 Å². The van der Waals surface area contributed by atoms with Crippen molar-refractivity contribution in [1.82, 2.24) is 5.32 Å². The van der Waals surface area contributed by atoms with E-state index < -0.39 is 0 Å². The Kier molecular flexibility index (Phi) is 3.44. The van der Waals surface area contributed by atoms with Crippen molar-refractivity contribution in [3.05, 3.63) is 28.2 Å². The van der Waals surface area contributed by atoms with Crippen LogP contribution in [0.4, 0.5) is 5.69 Å². The molecule has 2 fully saturated rings. The first-order valence-corrected chi connectivity index (χ1v) is 7.34. The number of halogens is 2. The zero-order chi connectivity index (χ0) is 12.7. The van der Waals surface area contributed by atoms with Crippen molar-refractivity contribution in [2.45, 2.75) is 43.8 Å². The van der Waals surface area contributed by atoms with E-state index in [0.717, 1.165) is 10.0 Å². The Balaban J connectivity index is 1.89. The standard InChI is InChI=1S/C14H18Cl2N2/c1-17-11-7-12-2-3-13(8-11)18(12)14-5-9(15)4-10(16)6-14/h4-6,11-13,17H,2-3,7-8H2,1H3. The predicted molar refractivity (Wildman–Crippen MR) is 77.8 cm³/mol. The van der Waals surface area contributed by atoms with E-state index in [1.807, 2.05) is 12.1 Å². The first-order chi connectivity index (χ1) is 8.67. The molecule has 2 atom stereocenters. The number of nitrogens with zero attached hydrogens (tertiary/aromatic N) is 1. The summed E-state index contributed by atoms with van der Waals surface area (Å²) in [5, 5.41) is 4.88. The van der Waals surface area contributed by atoms with Gasteiger partial charge >= 0.3 is 0 Å². The molecule has 2 nitrogen and oxygen atoms in total. The van der Waals surface area contributed by atoms with Crippen LogP contribution in [0.3, 0.4) is 0 Å². The molecule has 98 valence electrons. The van der Waals surface area contributed by atoms with E-state index in [9.17, 15) is 0 Å². The van der Waals surface area contributed by atoms with Crippen LogP contribution >= 0.6 is 23.2 Å². The molecule has 0 spiro atoms. The summed E-state index contributed by atoms with van der Waals surface area (Å²) in [5.41, 5.74) is 1.19. The molecular weight excluding hydrogens is 267 g/mol. The second-order valence-corrected chi connectivity index (χ2v) is 6.25. The van der Waals surface area contributed by atoms with Crippen LogP contribution in [0.5, 0.6) is 0 Å². The molecule has 2 saturated heterocycles. The summed E-state index contributed by atoms with van der Waals surface area (Å²) in [6.45, 7) is 0. The van der Waals surface area contributed by atoms with Crippen molar-refractivity contribution in [2.24, 2.45) is 0 Å². The molecule has 2 aliphatic rings. The molecule has 0 aliphatic carbocycles. The number of anilines is 1. The Labute approximate surface area is 118 Å². The average molecular weight is 285 g/mol. The van der Waals surface area contributed by atoms with Crippen molar-refractivity contribution in [2.75, 3.05) is 11.9 Å². The quantitative estimate of drug-likeness (QED) is 0.891. The van der Waals surface area contributed by atoms with Gasteiger partial charge in [0, 0.05) is 33.9 Å². The number of nitrogens with one attached hydrogen (secondary N) is 1. The molecule has 0 amide bonds. The lowest BCUT2D eigenvalue weighted by molar-refractivity contribution is 0.374. The lowest BCUT2D eigenvalue weighted by Crippen LogP contribution is -2.48. The van der Waals surface area contributed by atoms with Crippen LogP contribution in [0, 0.1) is 0 Å². The van der Waals surface area contributed by atoms with Gasteiger partial charge < -0.3 is 10.2 Å². The van der Waals surface area contributed by atoms with E-state index in [2.05, 4.69) is 17.3 Å². The minimum atomic E-state index is 0.635. The van der Waals surface area contributed by atoms with Crippen LogP contribution in [-0.2, 0) is 0 Å². The van der Waals surface area contributed by atoms with Crippen LogP contribution in [0.25, 0.3) is 0 Å². The van der Waals surface area contributed by atoms with Gasteiger partial charge in [-0.1, -0.05) is 23.2 Å². The van der Waals surface area contributed by atoms with Crippen molar-refractivity contribution in [3.63, 3.8) is 0 Å². The molecule has 1 N–H and O–H groups in total. The molecule has 0 saturated carbocycles. The Morgan fingerprint density at radius 3 is 2.11 bits per heavy atom. The first kappa shape index (κ1) is 12.6. The van der Waals surface area contributed by atoms with Crippen molar-refractivity contribution in [1.29, 1.82) is 0 Å². The van der Waals surface area contributed by atoms with Gasteiger partial charge in [0.05, 0.1) is 0 Å². The molecule has 0 radical (unpaired) electrons. The molecule has 0 aromatic heterocycles. The van der Waals surface area contributed by atoms with E-state index in [1.54, 1.807) is 6.07 Å². The molecule has 2 aliphatic heterocycles. The van der Waals surface area contributed by atoms with Crippen molar-refractivity contribution in [3.8, 4) is 0 Å². The lowest BCUT2D eigenvalue weighted by Gasteiger charge is -2.40. The van der Waals surface area contributed by atoms with Gasteiger partial charge in [-0.3, -0.25) is 0 Å². The highest BCUT2D eigenvalue weighted by molar-refractivity contribution is 6.35. The Morgan fingerprint density at radius 1 is 1.06 bits per heavy atom. The zero-order valence-electron chi connectivity index (χ0n) is 10.5. The third-order valence-corrected chi connectivity index (χ3v) is 4.72. The SMILES string of the molecule is CNC1CC2CCC(C1)N2c1cc(Cl)cc(Cl)c1. The second kappa shape index (κ2) is 4.92. The van der Waals surface area contributed by atoms with E-state index in [0.29, 0.717) is 18.1 Å². The van der Waals surface area contributed by atoms with E-state index in [-0.39, 0.29) is 0 Å². The van der Waals surface area contributed by atoms with Crippen LogP contribution in [0.1, 0.15) is 25.7 Å². The van der Waals surface area contributed by atoms with Crippen LogP contribution in [0.15, 0.2) is 18.2 Å². The molecule has 2 bridgehead atoms. The zero-order valence-corrected chi connectivity index (χ0v) is 12.0. The summed E-state index contributed by atoms with van der Waals surface area (Å²) in [5.74, 6) is 0. The highest BCUT2D eigenvalue weighted by Gasteiger charge is 2.40. The number of hydrogen-bond acceptors (Lipinski definition) is 2. The molecular formula is C14H18Cl2N2. The number of rotatable bonds is 2. The summed E-state index contributed by atoms with van der Waals surface area (Å²) in [6, 6.07) is 7.81. The molecule has 18 heavy (non-hydrogen) atoms. The third kappa shape index (κ3) is 2.22. The maximum absolute atomic E-state index is 6.12. The smallest absolute Gasteiger partial charge is 0.0441 e. The first-order valence-electron chi connectivity index (χ1n) is 6.59. The molecule has 1 aromatic carbocycles. The molecule has 2 heterocycles. The predicted octanol–water partition coefficient (Wildman–Crippen LogP) is 3.71. The van der Waals surface area contributed by atoms with Crippen LogP contribution in [0.2, 0.25) is 10.0 Å². The van der Waals surface area contributed by atoms with Crippen LogP contribution < -0.4 is 10.2 Å². The maximum atomic E-state index is 6.12. The largest absolute Gasteiger partial charge is 0.365 e. The number of benzene rings is 1. The lowest BCUT2D eigenvalue weighted by atomic mass is 9.97. The summed E-state index contributed by atoms with van der Waals surface area (Å²) in [6.07, 6.45) is 5.01. The van der Waals surface area contributed by atoms with E-state index >= 15 is 0 Å². The molecule has 2 unspecified atom stereocenters. The third-order valence-electron chi connectivity index (χ3n) is 4.29. The van der Waals surface area contributed by atoms with Gasteiger partial charge in [-0.15, -0.1) is 0 Å². The van der Waals surface area contributed by atoms with Crippen molar-refractivity contribution >= 4 is 28.9 Å². The van der Waals surface area contributed by atoms with E-state index in [4.69, 9.17) is 23.2 Å². The number of fused-ring (bicyclic) bond motifs is 2. The Morgan fingerprint density at radius 2 is 1.61 bits per heavy atom. The molecule has 4 heteroatoms. The van der Waals surface area contributed by atoms with Gasteiger partial charge in [-0.25, -0.2) is 0 Å². The Bertz CT molecular complexity index is 415. The Hall–Kier alpha value is -0.440. The maximum Gasteiger partial charge on any atom is 0.0441 e. The highest BCUT2D eigenvalue weighted by Crippen LogP contribution is 2.40. The van der Waals surface area contributed by atoms with Crippen LogP contribution in [-0.4, -0.2) is 25.2 Å². The monoisotopic (exact) mass is 284 g/mol. The number of piperidine rings is 1. The summed E-state index contributed by atoms with van der Waals surface area (Å²) in [4.78, 5) is 2.53. The van der Waals surface area contributed by atoms with Gasteiger partial charge in [-0.05, 0) is 50.9 Å². The summed E-state index contributed by atoms with van der Waals surface area (Å²) >= 11 is 12.2. The van der Waals surface area contributed by atoms with Gasteiger partial charge in [0.25, 0.3) is 0 Å². The fourth-order valence-corrected chi connectivity index (χ4v) is 4.04. The van der Waals surface area contributed by atoms with Gasteiger partial charge in [0.1, 0.15) is 0 Å². The summed E-state index contributed by atoms with van der Waals surface area (Å²) < 4.78 is 0. The second-order valence-electron chi connectivity index (χ2n) is 5.38. The average Bonchev–Trinajstić information content (AvgIpc) is 2.59. The normalized spacial score (nSPS) is 30.8. The van der Waals surface area contributed by atoms with Crippen molar-refractivity contribution < 1.29 is 0 Å². The fraction of sp³-hybridized carbons (Fsp3) is 0.571.